The van der Waals surface area contributed by atoms with Gasteiger partial charge < -0.3 is 19.6 Å². The van der Waals surface area contributed by atoms with Crippen LogP contribution in [0.25, 0.3) is 0 Å². The van der Waals surface area contributed by atoms with Gasteiger partial charge in [0.2, 0.25) is 0 Å². The van der Waals surface area contributed by atoms with Gasteiger partial charge in [0.25, 0.3) is 5.91 Å². The molecule has 2 heterocycles. The number of carboxylic acids is 1. The summed E-state index contributed by atoms with van der Waals surface area (Å²) < 4.78 is 5.78. The van der Waals surface area contributed by atoms with Gasteiger partial charge in [0, 0.05) is 24.3 Å². The third kappa shape index (κ3) is 2.98. The maximum Gasteiger partial charge on any atom is 0.335 e. The number of carboxylic acid groups (broad SMARTS) is 1. The normalized spacial score (nSPS) is 16.2. The lowest BCUT2D eigenvalue weighted by Gasteiger charge is -2.32. The number of carbonyl (C=O) groups is 2. The van der Waals surface area contributed by atoms with Crippen molar-refractivity contribution in [3.8, 4) is 5.75 Å². The molecule has 6 heteroatoms. The van der Waals surface area contributed by atoms with E-state index in [4.69, 9.17) is 4.74 Å². The van der Waals surface area contributed by atoms with E-state index in [1.807, 2.05) is 28.0 Å². The van der Waals surface area contributed by atoms with Crippen LogP contribution in [-0.2, 0) is 0 Å². The second kappa shape index (κ2) is 6.71. The van der Waals surface area contributed by atoms with Crippen molar-refractivity contribution >= 4 is 23.3 Å². The third-order valence-corrected chi connectivity index (χ3v) is 4.87. The molecule has 0 radical (unpaired) electrons. The summed E-state index contributed by atoms with van der Waals surface area (Å²) in [6, 6.07) is 12.3. The average Bonchev–Trinajstić information content (AvgIpc) is 3.21. The highest BCUT2D eigenvalue weighted by atomic mass is 16.5. The van der Waals surface area contributed by atoms with E-state index in [0.717, 1.165) is 37.3 Å². The SMILES string of the molecule is O=C(O)c1cccc(N2CCOc3cc(C(=O)N4CCCC4)ccc32)c1. The summed E-state index contributed by atoms with van der Waals surface area (Å²) in [5.41, 5.74) is 2.52. The highest BCUT2D eigenvalue weighted by molar-refractivity contribution is 5.96. The number of benzene rings is 2. The zero-order valence-electron chi connectivity index (χ0n) is 14.4. The van der Waals surface area contributed by atoms with Gasteiger partial charge in [0.1, 0.15) is 12.4 Å². The Kier molecular flexibility index (Phi) is 4.24. The molecule has 1 fully saturated rings. The summed E-state index contributed by atoms with van der Waals surface area (Å²) in [5, 5.41) is 9.22. The first-order chi connectivity index (χ1) is 12.6. The number of carbonyl (C=O) groups excluding carboxylic acids is 1. The fraction of sp³-hybridized carbons (Fsp3) is 0.300. The number of ether oxygens (including phenoxy) is 1. The number of fused-ring (bicyclic) bond motifs is 1. The highest BCUT2D eigenvalue weighted by Crippen LogP contribution is 2.37. The molecular formula is C20H20N2O4. The van der Waals surface area contributed by atoms with Crippen molar-refractivity contribution in [2.75, 3.05) is 31.1 Å². The largest absolute Gasteiger partial charge is 0.490 e. The van der Waals surface area contributed by atoms with Gasteiger partial charge in [0.15, 0.2) is 0 Å². The van der Waals surface area contributed by atoms with E-state index in [9.17, 15) is 14.7 Å². The van der Waals surface area contributed by atoms with Gasteiger partial charge in [-0.2, -0.15) is 0 Å². The number of amides is 1. The Labute approximate surface area is 151 Å². The molecule has 2 aromatic rings. The topological polar surface area (TPSA) is 70.1 Å². The Balaban J connectivity index is 1.65. The predicted molar refractivity (Wildman–Crippen MR) is 97.5 cm³/mol. The van der Waals surface area contributed by atoms with E-state index in [2.05, 4.69) is 0 Å². The molecule has 0 saturated carbocycles. The number of hydrogen-bond acceptors (Lipinski definition) is 4. The first-order valence-electron chi connectivity index (χ1n) is 8.80. The van der Waals surface area contributed by atoms with Crippen LogP contribution in [0.4, 0.5) is 11.4 Å². The Bertz CT molecular complexity index is 859. The number of aromatic carboxylic acids is 1. The van der Waals surface area contributed by atoms with Gasteiger partial charge in [-0.25, -0.2) is 4.79 Å². The molecule has 134 valence electrons. The van der Waals surface area contributed by atoms with Crippen LogP contribution in [0.2, 0.25) is 0 Å². The number of nitrogens with zero attached hydrogens (tertiary/aromatic N) is 2. The van der Waals surface area contributed by atoms with E-state index in [-0.39, 0.29) is 11.5 Å². The van der Waals surface area contributed by atoms with Crippen LogP contribution >= 0.6 is 0 Å². The predicted octanol–water partition coefficient (Wildman–Crippen LogP) is 3.15. The lowest BCUT2D eigenvalue weighted by molar-refractivity contribution is 0.0696. The Morgan fingerprint density at radius 2 is 1.77 bits per heavy atom. The van der Waals surface area contributed by atoms with Crippen LogP contribution in [-0.4, -0.2) is 48.1 Å². The van der Waals surface area contributed by atoms with E-state index >= 15 is 0 Å². The van der Waals surface area contributed by atoms with Crippen molar-refractivity contribution < 1.29 is 19.4 Å². The lowest BCUT2D eigenvalue weighted by Crippen LogP contribution is -2.30. The van der Waals surface area contributed by atoms with Crippen LogP contribution in [0, 0.1) is 0 Å². The summed E-state index contributed by atoms with van der Waals surface area (Å²) in [4.78, 5) is 27.7. The summed E-state index contributed by atoms with van der Waals surface area (Å²) in [5.74, 6) is -0.257. The molecule has 1 amide bonds. The smallest absolute Gasteiger partial charge is 0.335 e. The Morgan fingerprint density at radius 1 is 0.962 bits per heavy atom. The molecule has 0 bridgehead atoms. The van der Waals surface area contributed by atoms with E-state index in [0.29, 0.717) is 24.5 Å². The minimum atomic E-state index is -0.952. The van der Waals surface area contributed by atoms with Crippen LogP contribution in [0.15, 0.2) is 42.5 Å². The van der Waals surface area contributed by atoms with E-state index in [1.165, 1.54) is 0 Å². The summed E-state index contributed by atoms with van der Waals surface area (Å²) in [7, 11) is 0. The first kappa shape index (κ1) is 16.4. The van der Waals surface area contributed by atoms with Gasteiger partial charge >= 0.3 is 5.97 Å². The second-order valence-corrected chi connectivity index (χ2v) is 6.54. The monoisotopic (exact) mass is 352 g/mol. The third-order valence-electron chi connectivity index (χ3n) is 4.87. The van der Waals surface area contributed by atoms with Crippen LogP contribution in [0.1, 0.15) is 33.6 Å². The maximum atomic E-state index is 12.6. The van der Waals surface area contributed by atoms with Crippen LogP contribution in [0.3, 0.4) is 0 Å². The van der Waals surface area contributed by atoms with E-state index < -0.39 is 5.97 Å². The van der Waals surface area contributed by atoms with Crippen molar-refractivity contribution in [3.05, 3.63) is 53.6 Å². The Morgan fingerprint density at radius 3 is 2.54 bits per heavy atom. The zero-order chi connectivity index (χ0) is 18.1. The first-order valence-corrected chi connectivity index (χ1v) is 8.80. The molecule has 2 aromatic carbocycles. The standard InChI is InChI=1S/C20H20N2O4/c23-19(21-8-1-2-9-21)14-6-7-17-18(13-14)26-11-10-22(17)16-5-3-4-15(12-16)20(24)25/h3-7,12-13H,1-2,8-11H2,(H,24,25). The summed E-state index contributed by atoms with van der Waals surface area (Å²) in [6.07, 6.45) is 2.11. The zero-order valence-corrected chi connectivity index (χ0v) is 14.4. The van der Waals surface area contributed by atoms with Gasteiger partial charge in [0.05, 0.1) is 17.8 Å². The van der Waals surface area contributed by atoms with Gasteiger partial charge in [-0.1, -0.05) is 6.07 Å². The van der Waals surface area contributed by atoms with Crippen molar-refractivity contribution in [1.82, 2.24) is 4.90 Å². The maximum absolute atomic E-state index is 12.6. The van der Waals surface area contributed by atoms with Crippen molar-refractivity contribution in [2.45, 2.75) is 12.8 Å². The van der Waals surface area contributed by atoms with Crippen LogP contribution in [0.5, 0.6) is 5.75 Å². The molecule has 0 aromatic heterocycles. The lowest BCUT2D eigenvalue weighted by atomic mass is 10.1. The molecule has 1 N–H and O–H groups in total. The highest BCUT2D eigenvalue weighted by Gasteiger charge is 2.24. The fourth-order valence-corrected chi connectivity index (χ4v) is 3.53. The minimum Gasteiger partial charge on any atom is -0.490 e. The molecule has 4 rings (SSSR count). The minimum absolute atomic E-state index is 0.0406. The fourth-order valence-electron chi connectivity index (χ4n) is 3.53. The van der Waals surface area contributed by atoms with Crippen molar-refractivity contribution in [2.24, 2.45) is 0 Å². The molecule has 0 unspecified atom stereocenters. The quantitative estimate of drug-likeness (QED) is 0.919. The van der Waals surface area contributed by atoms with Gasteiger partial charge in [-0.15, -0.1) is 0 Å². The molecule has 6 nitrogen and oxygen atoms in total. The number of likely N-dealkylation sites (tertiary alicyclic amines) is 1. The summed E-state index contributed by atoms with van der Waals surface area (Å²) >= 11 is 0. The molecule has 0 atom stereocenters. The van der Waals surface area contributed by atoms with Crippen molar-refractivity contribution in [3.63, 3.8) is 0 Å². The number of hydrogen-bond donors (Lipinski definition) is 1. The molecule has 2 aliphatic heterocycles. The molecule has 2 aliphatic rings. The molecule has 26 heavy (non-hydrogen) atoms. The summed E-state index contributed by atoms with van der Waals surface area (Å²) in [6.45, 7) is 2.72. The van der Waals surface area contributed by atoms with Crippen molar-refractivity contribution in [1.29, 1.82) is 0 Å². The van der Waals surface area contributed by atoms with Gasteiger partial charge in [-0.05, 0) is 49.2 Å². The van der Waals surface area contributed by atoms with Crippen LogP contribution < -0.4 is 9.64 Å². The number of anilines is 2. The molecule has 0 aliphatic carbocycles. The van der Waals surface area contributed by atoms with E-state index in [1.54, 1.807) is 24.3 Å². The number of rotatable bonds is 3. The Hall–Kier alpha value is -3.02. The molecule has 1 saturated heterocycles. The molecular weight excluding hydrogens is 332 g/mol. The molecule has 0 spiro atoms. The second-order valence-electron chi connectivity index (χ2n) is 6.54. The van der Waals surface area contributed by atoms with Gasteiger partial charge in [-0.3, -0.25) is 4.79 Å². The average molecular weight is 352 g/mol.